The molecule has 0 radical (unpaired) electrons. The predicted octanol–water partition coefficient (Wildman–Crippen LogP) is 5.21. The van der Waals surface area contributed by atoms with Crippen LogP contribution in [0, 0.1) is 11.8 Å². The van der Waals surface area contributed by atoms with Gasteiger partial charge in [0.15, 0.2) is 6.10 Å². The first-order valence-corrected chi connectivity index (χ1v) is 12.9. The fourth-order valence-electron chi connectivity index (χ4n) is 5.27. The molecule has 2 heterocycles. The standard InChI is InChI=1S/C28H30F3N3O4/c29-28(30,31)38-20-9-10-25-23(15-20)32-17-26(37-25)27(36)33-22-16-24(35)21(18-6-1-2-7-18)14-19(22)8-5-13-34-11-3-4-12-34/h9-10,14-16,18,26,32,35H,1-4,6-7,11-13,17H2,(H,33,36). The Balaban J connectivity index is 1.32. The third-order valence-electron chi connectivity index (χ3n) is 7.17. The first kappa shape index (κ1) is 26.0. The van der Waals surface area contributed by atoms with Crippen molar-refractivity contribution in [1.29, 1.82) is 0 Å². The molecule has 0 spiro atoms. The van der Waals surface area contributed by atoms with E-state index in [1.807, 2.05) is 6.07 Å². The Hall–Kier alpha value is -3.58. The molecule has 2 aromatic carbocycles. The summed E-state index contributed by atoms with van der Waals surface area (Å²) in [5.41, 5.74) is 2.18. The van der Waals surface area contributed by atoms with Crippen molar-refractivity contribution >= 4 is 17.3 Å². The number of anilines is 2. The summed E-state index contributed by atoms with van der Waals surface area (Å²) in [6, 6.07) is 7.05. The number of nitrogens with one attached hydrogen (secondary N) is 2. The topological polar surface area (TPSA) is 83.1 Å². The zero-order chi connectivity index (χ0) is 26.7. The van der Waals surface area contributed by atoms with Crippen LogP contribution in [0.2, 0.25) is 0 Å². The molecule has 1 saturated heterocycles. The number of hydrogen-bond acceptors (Lipinski definition) is 6. The maximum atomic E-state index is 13.1. The van der Waals surface area contributed by atoms with Gasteiger partial charge >= 0.3 is 6.36 Å². The Kier molecular flexibility index (Phi) is 7.56. The number of aromatic hydroxyl groups is 1. The first-order chi connectivity index (χ1) is 18.2. The molecule has 3 N–H and O–H groups in total. The highest BCUT2D eigenvalue weighted by Gasteiger charge is 2.32. The van der Waals surface area contributed by atoms with Crippen molar-refractivity contribution in [2.75, 3.05) is 36.8 Å². The minimum absolute atomic E-state index is 0.0381. The number of phenols is 1. The summed E-state index contributed by atoms with van der Waals surface area (Å²) in [5, 5.41) is 16.6. The van der Waals surface area contributed by atoms with Crippen molar-refractivity contribution in [2.24, 2.45) is 0 Å². The van der Waals surface area contributed by atoms with Crippen molar-refractivity contribution in [3.05, 3.63) is 41.5 Å². The molecule has 0 bridgehead atoms. The first-order valence-electron chi connectivity index (χ1n) is 12.9. The van der Waals surface area contributed by atoms with Gasteiger partial charge < -0.3 is 25.2 Å². The molecule has 1 unspecified atom stereocenters. The van der Waals surface area contributed by atoms with Gasteiger partial charge in [0.25, 0.3) is 5.91 Å². The van der Waals surface area contributed by atoms with Crippen molar-refractivity contribution in [3.63, 3.8) is 0 Å². The molecule has 2 fully saturated rings. The summed E-state index contributed by atoms with van der Waals surface area (Å²) in [6.07, 6.45) is 0.852. The fraction of sp³-hybridized carbons (Fsp3) is 0.464. The van der Waals surface area contributed by atoms with Crippen LogP contribution >= 0.6 is 0 Å². The molecule has 1 atom stereocenters. The van der Waals surface area contributed by atoms with E-state index in [0.717, 1.165) is 50.4 Å². The maximum absolute atomic E-state index is 13.1. The van der Waals surface area contributed by atoms with Gasteiger partial charge in [-0.3, -0.25) is 9.69 Å². The molecule has 1 aliphatic carbocycles. The number of benzene rings is 2. The summed E-state index contributed by atoms with van der Waals surface area (Å²) in [7, 11) is 0. The molecule has 10 heteroatoms. The van der Waals surface area contributed by atoms with E-state index in [4.69, 9.17) is 4.74 Å². The van der Waals surface area contributed by atoms with E-state index < -0.39 is 18.4 Å². The van der Waals surface area contributed by atoms with Crippen LogP contribution < -0.4 is 20.1 Å². The van der Waals surface area contributed by atoms with E-state index in [9.17, 15) is 23.1 Å². The number of likely N-dealkylation sites (tertiary alicyclic amines) is 1. The molecule has 0 aromatic heterocycles. The van der Waals surface area contributed by atoms with E-state index in [1.165, 1.54) is 25.0 Å². The van der Waals surface area contributed by atoms with Gasteiger partial charge in [-0.05, 0) is 68.5 Å². The number of carbonyl (C=O) groups is 1. The monoisotopic (exact) mass is 529 g/mol. The van der Waals surface area contributed by atoms with Crippen molar-refractivity contribution in [1.82, 2.24) is 4.90 Å². The lowest BCUT2D eigenvalue weighted by atomic mass is 9.94. The molecule has 7 nitrogen and oxygen atoms in total. The minimum atomic E-state index is -4.81. The number of carbonyl (C=O) groups excluding carboxylic acids is 1. The number of rotatable bonds is 5. The van der Waals surface area contributed by atoms with Crippen LogP contribution in [0.5, 0.6) is 17.2 Å². The van der Waals surface area contributed by atoms with Gasteiger partial charge in [-0.25, -0.2) is 0 Å². The number of nitrogens with zero attached hydrogens (tertiary/aromatic N) is 1. The fourth-order valence-corrected chi connectivity index (χ4v) is 5.27. The lowest BCUT2D eigenvalue weighted by molar-refractivity contribution is -0.274. The molecule has 2 aliphatic heterocycles. The Morgan fingerprint density at radius 1 is 1.16 bits per heavy atom. The van der Waals surface area contributed by atoms with Crippen LogP contribution in [0.3, 0.4) is 0 Å². The third-order valence-corrected chi connectivity index (χ3v) is 7.17. The zero-order valence-corrected chi connectivity index (χ0v) is 20.9. The maximum Gasteiger partial charge on any atom is 0.573 e. The van der Waals surface area contributed by atoms with E-state index >= 15 is 0 Å². The highest BCUT2D eigenvalue weighted by molar-refractivity contribution is 5.96. The van der Waals surface area contributed by atoms with E-state index in [2.05, 4.69) is 32.1 Å². The van der Waals surface area contributed by atoms with Crippen molar-refractivity contribution < 1.29 is 32.5 Å². The van der Waals surface area contributed by atoms with Crippen LogP contribution in [-0.4, -0.2) is 54.6 Å². The third kappa shape index (κ3) is 6.27. The molecule has 3 aliphatic rings. The summed E-state index contributed by atoms with van der Waals surface area (Å²) in [5.74, 6) is 6.20. The van der Waals surface area contributed by atoms with Crippen LogP contribution in [-0.2, 0) is 4.79 Å². The van der Waals surface area contributed by atoms with E-state index in [-0.39, 0.29) is 29.7 Å². The van der Waals surface area contributed by atoms with Gasteiger partial charge in [0.2, 0.25) is 0 Å². The van der Waals surface area contributed by atoms with Crippen LogP contribution in [0.4, 0.5) is 24.5 Å². The Morgan fingerprint density at radius 2 is 1.92 bits per heavy atom. The average Bonchev–Trinajstić information content (AvgIpc) is 3.59. The molecule has 202 valence electrons. The summed E-state index contributed by atoms with van der Waals surface area (Å²) < 4.78 is 47.3. The Labute approximate surface area is 219 Å². The summed E-state index contributed by atoms with van der Waals surface area (Å²) in [4.78, 5) is 15.4. The normalized spacial score (nSPS) is 19.6. The van der Waals surface area contributed by atoms with Gasteiger partial charge in [-0.2, -0.15) is 0 Å². The second kappa shape index (κ2) is 11.0. The number of phenolic OH excluding ortho intramolecular Hbond substituents is 1. The molecule has 38 heavy (non-hydrogen) atoms. The number of fused-ring (bicyclic) bond motifs is 1. The second-order valence-corrected chi connectivity index (χ2v) is 9.91. The highest BCUT2D eigenvalue weighted by Crippen LogP contribution is 2.41. The number of ether oxygens (including phenoxy) is 2. The Bertz CT molecular complexity index is 1240. The molecule has 2 aromatic rings. The number of amides is 1. The zero-order valence-electron chi connectivity index (χ0n) is 20.9. The number of hydrogen-bond donors (Lipinski definition) is 3. The summed E-state index contributed by atoms with van der Waals surface area (Å²) >= 11 is 0. The van der Waals surface area contributed by atoms with E-state index in [0.29, 0.717) is 23.5 Å². The largest absolute Gasteiger partial charge is 0.573 e. The van der Waals surface area contributed by atoms with Gasteiger partial charge in [-0.1, -0.05) is 24.7 Å². The van der Waals surface area contributed by atoms with Crippen LogP contribution in [0.15, 0.2) is 30.3 Å². The van der Waals surface area contributed by atoms with Crippen molar-refractivity contribution in [3.8, 4) is 29.1 Å². The quantitative estimate of drug-likeness (QED) is 0.462. The smallest absolute Gasteiger partial charge is 0.508 e. The molecular weight excluding hydrogens is 499 g/mol. The number of alkyl halides is 3. The predicted molar refractivity (Wildman–Crippen MR) is 137 cm³/mol. The molecule has 1 amide bonds. The Morgan fingerprint density at radius 3 is 2.66 bits per heavy atom. The second-order valence-electron chi connectivity index (χ2n) is 9.91. The molecule has 5 rings (SSSR count). The van der Waals surface area contributed by atoms with Gasteiger partial charge in [0.1, 0.15) is 17.2 Å². The number of halogens is 3. The van der Waals surface area contributed by atoms with Crippen LogP contribution in [0.1, 0.15) is 55.6 Å². The minimum Gasteiger partial charge on any atom is -0.508 e. The van der Waals surface area contributed by atoms with Crippen LogP contribution in [0.25, 0.3) is 0 Å². The van der Waals surface area contributed by atoms with Crippen molar-refractivity contribution in [2.45, 2.75) is 56.9 Å². The lowest BCUT2D eigenvalue weighted by Crippen LogP contribution is -2.41. The van der Waals surface area contributed by atoms with Gasteiger partial charge in [0.05, 0.1) is 24.5 Å². The lowest BCUT2D eigenvalue weighted by Gasteiger charge is -2.27. The summed E-state index contributed by atoms with van der Waals surface area (Å²) in [6.45, 7) is 2.73. The van der Waals surface area contributed by atoms with Gasteiger partial charge in [-0.15, -0.1) is 13.2 Å². The van der Waals surface area contributed by atoms with E-state index in [1.54, 1.807) is 6.07 Å². The molecular formula is C28H30F3N3O4. The SMILES string of the molecule is O=C(Nc1cc(O)c(C2CCCC2)cc1C#CCN1CCCC1)C1CNc2cc(OC(F)(F)F)ccc2O1. The molecule has 1 saturated carbocycles. The highest BCUT2D eigenvalue weighted by atomic mass is 19.4. The average molecular weight is 530 g/mol. The van der Waals surface area contributed by atoms with Gasteiger partial charge in [0, 0.05) is 17.7 Å².